The average molecular weight is 475 g/mol. The van der Waals surface area contributed by atoms with Crippen molar-refractivity contribution in [1.29, 1.82) is 0 Å². The van der Waals surface area contributed by atoms with Crippen LogP contribution in [0.25, 0.3) is 0 Å². The predicted octanol–water partition coefficient (Wildman–Crippen LogP) is 5.88. The zero-order valence-electron chi connectivity index (χ0n) is 16.7. The molecule has 0 unspecified atom stereocenters. The van der Waals surface area contributed by atoms with Gasteiger partial charge in [-0.05, 0) is 61.3 Å². The molecule has 1 aliphatic rings. The fourth-order valence-electron chi connectivity index (χ4n) is 3.49. The molecule has 29 heavy (non-hydrogen) atoms. The van der Waals surface area contributed by atoms with Crippen molar-refractivity contribution >= 4 is 44.9 Å². The number of para-hydroxylation sites is 1. The van der Waals surface area contributed by atoms with Crippen LogP contribution in [0.5, 0.6) is 5.75 Å². The van der Waals surface area contributed by atoms with Crippen LogP contribution in [-0.4, -0.2) is 24.2 Å². The Hall–Kier alpha value is -1.92. The Kier molecular flexibility index (Phi) is 8.07. The van der Waals surface area contributed by atoms with Crippen LogP contribution in [0.1, 0.15) is 54.9 Å². The van der Waals surface area contributed by atoms with Gasteiger partial charge in [0.2, 0.25) is 0 Å². The molecule has 0 saturated carbocycles. The first kappa shape index (κ1) is 21.8. The number of carbonyl (C=O) groups excluding carboxylic acids is 1. The van der Waals surface area contributed by atoms with Crippen LogP contribution in [0.4, 0.5) is 5.69 Å². The van der Waals surface area contributed by atoms with E-state index >= 15 is 0 Å². The van der Waals surface area contributed by atoms with E-state index in [1.54, 1.807) is 6.07 Å². The summed E-state index contributed by atoms with van der Waals surface area (Å²) in [7, 11) is 0. The van der Waals surface area contributed by atoms with Gasteiger partial charge < -0.3 is 9.64 Å². The Labute approximate surface area is 186 Å². The second-order valence-electron chi connectivity index (χ2n) is 7.19. The van der Waals surface area contributed by atoms with Gasteiger partial charge in [0, 0.05) is 16.7 Å². The van der Waals surface area contributed by atoms with Crippen molar-refractivity contribution in [2.24, 2.45) is 0 Å². The van der Waals surface area contributed by atoms with Gasteiger partial charge >= 0.3 is 0 Å². The molecule has 3 rings (SSSR count). The molecule has 0 radical (unpaired) electrons. The number of halogens is 1. The Morgan fingerprint density at radius 2 is 2.03 bits per heavy atom. The lowest BCUT2D eigenvalue weighted by molar-refractivity contribution is 0.0973. The summed E-state index contributed by atoms with van der Waals surface area (Å²) in [4.78, 5) is 15.0. The Bertz CT molecular complexity index is 872. The number of benzene rings is 2. The molecule has 2 aromatic rings. The number of carbonyl (C=O) groups is 1. The smallest absolute Gasteiger partial charge is 0.261 e. The Morgan fingerprint density at radius 1 is 1.21 bits per heavy atom. The van der Waals surface area contributed by atoms with Gasteiger partial charge in [-0.25, -0.2) is 0 Å². The number of amides is 1. The van der Waals surface area contributed by atoms with E-state index < -0.39 is 0 Å². The molecule has 1 amide bonds. The van der Waals surface area contributed by atoms with E-state index in [1.807, 2.05) is 29.2 Å². The summed E-state index contributed by atoms with van der Waals surface area (Å²) >= 11 is 9.03. The van der Waals surface area contributed by atoms with Crippen LogP contribution >= 0.6 is 28.1 Å². The largest absolute Gasteiger partial charge is 0.493 e. The number of aryl methyl sites for hydroxylation is 1. The van der Waals surface area contributed by atoms with Gasteiger partial charge in [0.1, 0.15) is 5.75 Å². The first-order chi connectivity index (χ1) is 14.1. The third-order valence-corrected chi connectivity index (χ3v) is 5.83. The number of ether oxygens (including phenoxy) is 1. The summed E-state index contributed by atoms with van der Waals surface area (Å²) in [6.45, 7) is 3.59. The van der Waals surface area contributed by atoms with E-state index in [2.05, 4.69) is 40.3 Å². The van der Waals surface area contributed by atoms with Crippen LogP contribution in [0.2, 0.25) is 0 Å². The molecular weight excluding hydrogens is 448 g/mol. The summed E-state index contributed by atoms with van der Waals surface area (Å²) in [5.74, 6) is 0.340. The van der Waals surface area contributed by atoms with Crippen LogP contribution in [0.15, 0.2) is 46.9 Å². The lowest BCUT2D eigenvalue weighted by atomic mass is 10.0. The number of nitrogens with one attached hydrogen (secondary N) is 1. The number of fused-ring (bicyclic) bond motifs is 1. The standard InChI is InChI=1S/C23H27BrN2O2S/c1-2-3-4-7-15-28-21-13-12-18(24)16-19(21)22(27)25-23(29)26-14-8-10-17-9-5-6-11-20(17)26/h5-6,9,11-13,16H,2-4,7-8,10,14-15H2,1H3,(H,25,27,29). The fraction of sp³-hybridized carbons (Fsp3) is 0.391. The van der Waals surface area contributed by atoms with Gasteiger partial charge in [-0.2, -0.15) is 0 Å². The van der Waals surface area contributed by atoms with Crippen molar-refractivity contribution in [1.82, 2.24) is 5.32 Å². The molecular formula is C23H27BrN2O2S. The average Bonchev–Trinajstić information content (AvgIpc) is 2.74. The topological polar surface area (TPSA) is 41.6 Å². The molecule has 0 aromatic heterocycles. The molecule has 1 N–H and O–H groups in total. The summed E-state index contributed by atoms with van der Waals surface area (Å²) < 4.78 is 6.73. The maximum Gasteiger partial charge on any atom is 0.261 e. The van der Waals surface area contributed by atoms with Crippen LogP contribution in [-0.2, 0) is 6.42 Å². The minimum absolute atomic E-state index is 0.247. The van der Waals surface area contributed by atoms with Gasteiger partial charge in [0.15, 0.2) is 5.11 Å². The molecule has 4 nitrogen and oxygen atoms in total. The first-order valence-corrected chi connectivity index (χ1v) is 11.4. The zero-order chi connectivity index (χ0) is 20.6. The summed E-state index contributed by atoms with van der Waals surface area (Å²) in [5.41, 5.74) is 2.82. The monoisotopic (exact) mass is 474 g/mol. The third-order valence-electron chi connectivity index (χ3n) is 5.02. The maximum atomic E-state index is 13.0. The number of rotatable bonds is 7. The molecule has 0 bridgehead atoms. The zero-order valence-corrected chi connectivity index (χ0v) is 19.2. The molecule has 1 aliphatic heterocycles. The van der Waals surface area contributed by atoms with E-state index in [-0.39, 0.29) is 5.91 Å². The van der Waals surface area contributed by atoms with Crippen LogP contribution in [0, 0.1) is 0 Å². The van der Waals surface area contributed by atoms with E-state index in [0.29, 0.717) is 23.0 Å². The van der Waals surface area contributed by atoms with Gasteiger partial charge in [0.05, 0.1) is 12.2 Å². The molecule has 0 aliphatic carbocycles. The van der Waals surface area contributed by atoms with Gasteiger partial charge in [0.25, 0.3) is 5.91 Å². The van der Waals surface area contributed by atoms with Gasteiger partial charge in [-0.1, -0.05) is 60.3 Å². The molecule has 1 heterocycles. The van der Waals surface area contributed by atoms with Crippen molar-refractivity contribution in [2.75, 3.05) is 18.1 Å². The number of unbranched alkanes of at least 4 members (excludes halogenated alkanes) is 3. The number of thiocarbonyl (C=S) groups is 1. The van der Waals surface area contributed by atoms with E-state index in [4.69, 9.17) is 17.0 Å². The maximum absolute atomic E-state index is 13.0. The molecule has 6 heteroatoms. The Morgan fingerprint density at radius 3 is 2.86 bits per heavy atom. The van der Waals surface area contributed by atoms with Gasteiger partial charge in [-0.15, -0.1) is 0 Å². The molecule has 2 aromatic carbocycles. The van der Waals surface area contributed by atoms with Crippen LogP contribution in [0.3, 0.4) is 0 Å². The van der Waals surface area contributed by atoms with Crippen molar-refractivity contribution < 1.29 is 9.53 Å². The third kappa shape index (κ3) is 5.80. The number of anilines is 1. The van der Waals surface area contributed by atoms with Crippen molar-refractivity contribution in [2.45, 2.75) is 45.4 Å². The summed E-state index contributed by atoms with van der Waals surface area (Å²) in [6, 6.07) is 13.7. The number of nitrogens with zero attached hydrogens (tertiary/aromatic N) is 1. The minimum atomic E-state index is -0.247. The first-order valence-electron chi connectivity index (χ1n) is 10.2. The summed E-state index contributed by atoms with van der Waals surface area (Å²) in [5, 5.41) is 3.33. The predicted molar refractivity (Wildman–Crippen MR) is 126 cm³/mol. The minimum Gasteiger partial charge on any atom is -0.493 e. The summed E-state index contributed by atoms with van der Waals surface area (Å²) in [6.07, 6.45) is 6.54. The molecule has 0 fully saturated rings. The van der Waals surface area contributed by atoms with E-state index in [0.717, 1.165) is 42.4 Å². The lowest BCUT2D eigenvalue weighted by Gasteiger charge is -2.31. The number of hydrogen-bond donors (Lipinski definition) is 1. The normalized spacial score (nSPS) is 13.0. The quantitative estimate of drug-likeness (QED) is 0.402. The highest BCUT2D eigenvalue weighted by Gasteiger charge is 2.22. The molecule has 0 spiro atoms. The SMILES string of the molecule is CCCCCCOc1ccc(Br)cc1C(=O)NC(=S)N1CCCc2ccccc21. The molecule has 0 atom stereocenters. The van der Waals surface area contributed by atoms with E-state index in [1.165, 1.54) is 18.4 Å². The van der Waals surface area contributed by atoms with Gasteiger partial charge in [-0.3, -0.25) is 10.1 Å². The number of hydrogen-bond acceptors (Lipinski definition) is 3. The second kappa shape index (κ2) is 10.7. The Balaban J connectivity index is 1.69. The van der Waals surface area contributed by atoms with Crippen molar-refractivity contribution in [3.63, 3.8) is 0 Å². The highest BCUT2D eigenvalue weighted by atomic mass is 79.9. The van der Waals surface area contributed by atoms with Crippen LogP contribution < -0.4 is 15.0 Å². The van der Waals surface area contributed by atoms with Crippen molar-refractivity contribution in [3.05, 3.63) is 58.1 Å². The second-order valence-corrected chi connectivity index (χ2v) is 8.50. The highest BCUT2D eigenvalue weighted by Crippen LogP contribution is 2.27. The molecule has 154 valence electrons. The lowest BCUT2D eigenvalue weighted by Crippen LogP contribution is -2.45. The van der Waals surface area contributed by atoms with E-state index in [9.17, 15) is 4.79 Å². The highest BCUT2D eigenvalue weighted by molar-refractivity contribution is 9.10. The fourth-order valence-corrected chi connectivity index (χ4v) is 4.14. The molecule has 0 saturated heterocycles. The van der Waals surface area contributed by atoms with Crippen molar-refractivity contribution in [3.8, 4) is 5.75 Å².